The molecule has 0 amide bonds. The lowest BCUT2D eigenvalue weighted by Crippen LogP contribution is -2.17. The van der Waals surface area contributed by atoms with Crippen molar-refractivity contribution in [1.29, 1.82) is 0 Å². The van der Waals surface area contributed by atoms with Crippen molar-refractivity contribution in [3.8, 4) is 0 Å². The smallest absolute Gasteiger partial charge is 0.275 e. The summed E-state index contributed by atoms with van der Waals surface area (Å²) in [6.45, 7) is 1.72. The predicted molar refractivity (Wildman–Crippen MR) is 67.5 cm³/mol. The summed E-state index contributed by atoms with van der Waals surface area (Å²) < 4.78 is 29.7. The van der Waals surface area contributed by atoms with Gasteiger partial charge in [-0.3, -0.25) is 9.40 Å². The lowest BCUT2D eigenvalue weighted by Gasteiger charge is -2.06. The molecule has 2 aromatic heterocycles. The highest BCUT2D eigenvalue weighted by Crippen LogP contribution is 2.22. The van der Waals surface area contributed by atoms with Gasteiger partial charge in [0, 0.05) is 20.3 Å². The quantitative estimate of drug-likeness (QED) is 0.877. The molecule has 0 spiro atoms. The first-order chi connectivity index (χ1) is 8.31. The van der Waals surface area contributed by atoms with E-state index in [9.17, 15) is 8.42 Å². The maximum Gasteiger partial charge on any atom is 0.282 e. The van der Waals surface area contributed by atoms with E-state index in [1.54, 1.807) is 20.2 Å². The Morgan fingerprint density at radius 1 is 1.39 bits per heavy atom. The number of sulfonamides is 1. The molecule has 0 aliphatic carbocycles. The minimum atomic E-state index is -3.75. The summed E-state index contributed by atoms with van der Waals surface area (Å²) >= 11 is 3.06. The zero-order valence-electron chi connectivity index (χ0n) is 9.92. The molecule has 10 heteroatoms. The van der Waals surface area contributed by atoms with E-state index in [-0.39, 0.29) is 9.63 Å². The molecule has 0 saturated carbocycles. The van der Waals surface area contributed by atoms with Crippen LogP contribution in [0.2, 0.25) is 0 Å². The van der Waals surface area contributed by atoms with Gasteiger partial charge in [0.05, 0.1) is 11.4 Å². The number of rotatable bonds is 3. The summed E-state index contributed by atoms with van der Waals surface area (Å²) in [5.41, 5.74) is 1.01. The van der Waals surface area contributed by atoms with Gasteiger partial charge in [-0.1, -0.05) is 5.21 Å². The highest BCUT2D eigenvalue weighted by atomic mass is 79.9. The molecule has 0 bridgehead atoms. The molecule has 0 unspecified atom stereocenters. The van der Waals surface area contributed by atoms with E-state index in [2.05, 4.69) is 36.1 Å². The SMILES string of the molecule is Cc1nn(C)cc1NS(=O)(=O)c1c(Br)nnn1C. The van der Waals surface area contributed by atoms with E-state index in [0.29, 0.717) is 11.4 Å². The largest absolute Gasteiger partial charge is 0.282 e. The van der Waals surface area contributed by atoms with Crippen molar-refractivity contribution < 1.29 is 8.42 Å². The highest BCUT2D eigenvalue weighted by Gasteiger charge is 2.25. The summed E-state index contributed by atoms with van der Waals surface area (Å²) in [4.78, 5) is 0. The van der Waals surface area contributed by atoms with E-state index < -0.39 is 10.0 Å². The van der Waals surface area contributed by atoms with E-state index in [4.69, 9.17) is 0 Å². The minimum absolute atomic E-state index is 0.0363. The van der Waals surface area contributed by atoms with Gasteiger partial charge in [-0.2, -0.15) is 13.5 Å². The molecule has 8 nitrogen and oxygen atoms in total. The van der Waals surface area contributed by atoms with Crippen molar-refractivity contribution in [2.75, 3.05) is 4.72 Å². The molecular formula is C8H11BrN6O2S. The van der Waals surface area contributed by atoms with Crippen LogP contribution in [0.15, 0.2) is 15.8 Å². The van der Waals surface area contributed by atoms with Crippen molar-refractivity contribution in [2.45, 2.75) is 11.9 Å². The van der Waals surface area contributed by atoms with Crippen LogP contribution in [0.5, 0.6) is 0 Å². The Balaban J connectivity index is 2.42. The Morgan fingerprint density at radius 2 is 2.06 bits per heavy atom. The van der Waals surface area contributed by atoms with Crippen LogP contribution in [-0.4, -0.2) is 33.2 Å². The van der Waals surface area contributed by atoms with Gasteiger partial charge in [0.15, 0.2) is 4.60 Å². The normalized spacial score (nSPS) is 11.8. The molecule has 0 radical (unpaired) electrons. The van der Waals surface area contributed by atoms with Crippen molar-refractivity contribution in [3.63, 3.8) is 0 Å². The first-order valence-corrected chi connectivity index (χ1v) is 7.17. The second kappa shape index (κ2) is 4.35. The number of nitrogens with one attached hydrogen (secondary N) is 1. The molecule has 0 atom stereocenters. The summed E-state index contributed by atoms with van der Waals surface area (Å²) in [7, 11) is -0.536. The predicted octanol–water partition coefficient (Wildman–Crippen LogP) is 0.420. The van der Waals surface area contributed by atoms with Gasteiger partial charge in [-0.15, -0.1) is 5.10 Å². The molecule has 2 aromatic rings. The van der Waals surface area contributed by atoms with Crippen LogP contribution < -0.4 is 4.72 Å². The molecule has 0 saturated heterocycles. The van der Waals surface area contributed by atoms with Crippen LogP contribution in [0.3, 0.4) is 0 Å². The molecule has 2 rings (SSSR count). The van der Waals surface area contributed by atoms with Gasteiger partial charge in [0.2, 0.25) is 5.03 Å². The molecule has 98 valence electrons. The summed E-state index contributed by atoms with van der Waals surface area (Å²) in [6.07, 6.45) is 1.59. The standard InChI is InChI=1S/C8H11BrN6O2S/c1-5-6(4-14(2)11-5)12-18(16,17)8-7(9)10-13-15(8)3/h4,12H,1-3H3. The van der Waals surface area contributed by atoms with Crippen LogP contribution in [0.25, 0.3) is 0 Å². The first-order valence-electron chi connectivity index (χ1n) is 4.89. The molecule has 0 aliphatic heterocycles. The molecule has 1 N–H and O–H groups in total. The van der Waals surface area contributed by atoms with Crippen LogP contribution in [-0.2, 0) is 24.1 Å². The van der Waals surface area contributed by atoms with Gasteiger partial charge in [0.25, 0.3) is 10.0 Å². The van der Waals surface area contributed by atoms with Crippen LogP contribution in [0.4, 0.5) is 5.69 Å². The zero-order chi connectivity index (χ0) is 13.5. The Kier molecular flexibility index (Phi) is 3.15. The van der Waals surface area contributed by atoms with E-state index in [0.717, 1.165) is 0 Å². The van der Waals surface area contributed by atoms with Crippen molar-refractivity contribution in [2.24, 2.45) is 14.1 Å². The third kappa shape index (κ3) is 2.25. The van der Waals surface area contributed by atoms with Gasteiger partial charge in [0.1, 0.15) is 0 Å². The average molecular weight is 335 g/mol. The molecule has 0 aromatic carbocycles. The minimum Gasteiger partial charge on any atom is -0.275 e. The van der Waals surface area contributed by atoms with Crippen LogP contribution in [0.1, 0.15) is 5.69 Å². The fourth-order valence-corrected chi connectivity index (χ4v) is 3.70. The fourth-order valence-electron chi connectivity index (χ4n) is 1.50. The van der Waals surface area contributed by atoms with Gasteiger partial charge < -0.3 is 0 Å². The zero-order valence-corrected chi connectivity index (χ0v) is 12.3. The fraction of sp³-hybridized carbons (Fsp3) is 0.375. The molecule has 0 fully saturated rings. The highest BCUT2D eigenvalue weighted by molar-refractivity contribution is 9.10. The summed E-state index contributed by atoms with van der Waals surface area (Å²) in [5.74, 6) is 0. The molecule has 2 heterocycles. The van der Waals surface area contributed by atoms with Gasteiger partial charge >= 0.3 is 0 Å². The topological polar surface area (TPSA) is 94.7 Å². The maximum absolute atomic E-state index is 12.2. The Labute approximate surface area is 112 Å². The molecule has 18 heavy (non-hydrogen) atoms. The van der Waals surface area contributed by atoms with Gasteiger partial charge in [-0.25, -0.2) is 4.68 Å². The van der Waals surface area contributed by atoms with Crippen LogP contribution in [0, 0.1) is 6.92 Å². The number of aromatic nitrogens is 5. The second-order valence-corrected chi connectivity index (χ2v) is 6.07. The lowest BCUT2D eigenvalue weighted by molar-refractivity contribution is 0.578. The average Bonchev–Trinajstić information content (AvgIpc) is 2.70. The summed E-state index contributed by atoms with van der Waals surface area (Å²) in [5, 5.41) is 11.3. The Morgan fingerprint density at radius 3 is 2.50 bits per heavy atom. The number of halogens is 1. The number of aryl methyl sites for hydroxylation is 3. The number of hydrogen-bond acceptors (Lipinski definition) is 5. The van der Waals surface area contributed by atoms with E-state index in [1.165, 1.54) is 16.4 Å². The third-order valence-electron chi connectivity index (χ3n) is 2.25. The van der Waals surface area contributed by atoms with E-state index in [1.807, 2.05) is 0 Å². The van der Waals surface area contributed by atoms with Crippen molar-refractivity contribution in [3.05, 3.63) is 16.5 Å². The lowest BCUT2D eigenvalue weighted by atomic mass is 10.4. The van der Waals surface area contributed by atoms with Crippen molar-refractivity contribution in [1.82, 2.24) is 24.8 Å². The van der Waals surface area contributed by atoms with Gasteiger partial charge in [-0.05, 0) is 22.9 Å². The maximum atomic E-state index is 12.2. The molecule has 0 aliphatic rings. The summed E-state index contributed by atoms with van der Waals surface area (Å²) in [6, 6.07) is 0. The Hall–Kier alpha value is -1.42. The number of hydrogen-bond donors (Lipinski definition) is 1. The Bertz CT molecular complexity index is 669. The van der Waals surface area contributed by atoms with E-state index >= 15 is 0 Å². The third-order valence-corrected chi connectivity index (χ3v) is 4.50. The number of anilines is 1. The van der Waals surface area contributed by atoms with Crippen molar-refractivity contribution >= 4 is 31.6 Å². The second-order valence-electron chi connectivity index (χ2n) is 3.72. The number of nitrogens with zero attached hydrogens (tertiary/aromatic N) is 5. The monoisotopic (exact) mass is 334 g/mol. The molecular weight excluding hydrogens is 324 g/mol. The first kappa shape index (κ1) is 13.0. The van der Waals surface area contributed by atoms with Crippen LogP contribution >= 0.6 is 15.9 Å².